The monoisotopic (exact) mass is 504 g/mol. The number of ether oxygens (including phenoxy) is 4. The third-order valence-electron chi connectivity index (χ3n) is 6.18. The highest BCUT2D eigenvalue weighted by Gasteiger charge is 2.25. The van der Waals surface area contributed by atoms with Gasteiger partial charge in [0.25, 0.3) is 0 Å². The van der Waals surface area contributed by atoms with Gasteiger partial charge in [0.15, 0.2) is 0 Å². The molecule has 1 heterocycles. The van der Waals surface area contributed by atoms with Gasteiger partial charge < -0.3 is 29.2 Å². The van der Waals surface area contributed by atoms with Crippen LogP contribution in [0.25, 0.3) is 0 Å². The average Bonchev–Trinajstić information content (AvgIpc) is 2.87. The van der Waals surface area contributed by atoms with Crippen LogP contribution >= 0.6 is 11.6 Å². The predicted molar refractivity (Wildman–Crippen MR) is 140 cm³/mol. The number of halogens is 1. The minimum Gasteiger partial charge on any atom is -0.466 e. The molecule has 1 atom stereocenters. The van der Waals surface area contributed by atoms with Gasteiger partial charge in [-0.3, -0.25) is 4.79 Å². The highest BCUT2D eigenvalue weighted by molar-refractivity contribution is 6.30. The Morgan fingerprint density at radius 1 is 1.14 bits per heavy atom. The van der Waals surface area contributed by atoms with E-state index in [1.54, 1.807) is 14.2 Å². The maximum Gasteiger partial charge on any atom is 0.306 e. The molecule has 192 valence electrons. The van der Waals surface area contributed by atoms with Crippen molar-refractivity contribution in [3.63, 3.8) is 0 Å². The lowest BCUT2D eigenvalue weighted by atomic mass is 9.94. The Bertz CT molecular complexity index is 918. The molecule has 35 heavy (non-hydrogen) atoms. The Kier molecular flexibility index (Phi) is 11.1. The van der Waals surface area contributed by atoms with Crippen molar-refractivity contribution < 1.29 is 23.7 Å². The fraction of sp³-hybridized carbons (Fsp3) is 0.519. The number of hydrogen-bond donors (Lipinski definition) is 1. The number of carbonyl (C=O) groups excluding carboxylic acids is 1. The van der Waals surface area contributed by atoms with E-state index >= 15 is 0 Å². The molecule has 1 aliphatic heterocycles. The number of esters is 1. The van der Waals surface area contributed by atoms with Crippen LogP contribution in [0.15, 0.2) is 42.5 Å². The maximum absolute atomic E-state index is 12.3. The molecule has 0 saturated carbocycles. The van der Waals surface area contributed by atoms with Crippen LogP contribution in [0.2, 0.25) is 5.02 Å². The molecule has 1 aliphatic rings. The van der Waals surface area contributed by atoms with E-state index in [2.05, 4.69) is 28.4 Å². The molecule has 2 aromatic rings. The first kappa shape index (κ1) is 27.3. The highest BCUT2D eigenvalue weighted by Crippen LogP contribution is 2.36. The van der Waals surface area contributed by atoms with Crippen molar-refractivity contribution in [3.05, 3.63) is 53.1 Å². The molecule has 0 aliphatic carbocycles. The van der Waals surface area contributed by atoms with Crippen LogP contribution in [-0.2, 0) is 23.7 Å². The molecule has 8 heteroatoms. The van der Waals surface area contributed by atoms with Gasteiger partial charge in [-0.25, -0.2) is 0 Å². The largest absolute Gasteiger partial charge is 0.466 e. The Hall–Kier alpha value is -2.32. The second-order valence-corrected chi connectivity index (χ2v) is 9.04. The summed E-state index contributed by atoms with van der Waals surface area (Å²) in [6.45, 7) is 5.49. The molecule has 0 bridgehead atoms. The van der Waals surface area contributed by atoms with Gasteiger partial charge in [0.05, 0.1) is 37.6 Å². The van der Waals surface area contributed by atoms with Crippen LogP contribution in [0.3, 0.4) is 0 Å². The lowest BCUT2D eigenvalue weighted by Crippen LogP contribution is -2.41. The molecule has 1 saturated heterocycles. The summed E-state index contributed by atoms with van der Waals surface area (Å²) in [5, 5.41) is 4.27. The first-order chi connectivity index (χ1) is 17.0. The molecule has 1 N–H and O–H groups in total. The summed E-state index contributed by atoms with van der Waals surface area (Å²) >= 11 is 6.11. The fourth-order valence-electron chi connectivity index (χ4n) is 4.43. The number of carbonyl (C=O) groups is 1. The number of benzene rings is 2. The lowest BCUT2D eigenvalue weighted by molar-refractivity contribution is -0.143. The van der Waals surface area contributed by atoms with Gasteiger partial charge in [-0.1, -0.05) is 17.7 Å². The van der Waals surface area contributed by atoms with Crippen molar-refractivity contribution >= 4 is 34.6 Å². The molecule has 0 radical (unpaired) electrons. The molecule has 3 rings (SSSR count). The molecule has 0 spiro atoms. The zero-order chi connectivity index (χ0) is 25.0. The maximum atomic E-state index is 12.3. The minimum absolute atomic E-state index is 0.116. The predicted octanol–water partition coefficient (Wildman–Crippen LogP) is 5.40. The normalized spacial score (nSPS) is 15.0. The van der Waals surface area contributed by atoms with E-state index < -0.39 is 0 Å². The molecule has 1 unspecified atom stereocenters. The quantitative estimate of drug-likeness (QED) is 0.366. The summed E-state index contributed by atoms with van der Waals surface area (Å²) in [4.78, 5) is 14.7. The summed E-state index contributed by atoms with van der Waals surface area (Å²) < 4.78 is 21.7. The lowest BCUT2D eigenvalue weighted by Gasteiger charge is -2.37. The van der Waals surface area contributed by atoms with Crippen molar-refractivity contribution in [1.82, 2.24) is 0 Å². The van der Waals surface area contributed by atoms with E-state index in [0.717, 1.165) is 55.2 Å². The Labute approximate surface area is 213 Å². The summed E-state index contributed by atoms with van der Waals surface area (Å²) in [6.07, 6.45) is 2.18. The summed E-state index contributed by atoms with van der Waals surface area (Å²) in [7, 11) is 3.37. The van der Waals surface area contributed by atoms with E-state index in [4.69, 9.17) is 30.5 Å². The SMILES string of the molecule is CCOC(=O)CC(COC)c1ccc(N(CCOC)C2CCOCC2)c(Nc2ccc(Cl)cc2)c1. The Morgan fingerprint density at radius 2 is 1.89 bits per heavy atom. The van der Waals surface area contributed by atoms with Crippen molar-refractivity contribution in [2.75, 3.05) is 64.0 Å². The summed E-state index contributed by atoms with van der Waals surface area (Å²) in [5.74, 6) is -0.343. The van der Waals surface area contributed by atoms with Crippen LogP contribution < -0.4 is 10.2 Å². The average molecular weight is 505 g/mol. The van der Waals surface area contributed by atoms with Crippen molar-refractivity contribution in [3.8, 4) is 0 Å². The van der Waals surface area contributed by atoms with Crippen LogP contribution in [0, 0.1) is 0 Å². The first-order valence-electron chi connectivity index (χ1n) is 12.2. The van der Waals surface area contributed by atoms with Gasteiger partial charge in [-0.2, -0.15) is 0 Å². The molecule has 0 aromatic heterocycles. The zero-order valence-electron chi connectivity index (χ0n) is 20.9. The Balaban J connectivity index is 1.99. The van der Waals surface area contributed by atoms with Gasteiger partial charge in [-0.15, -0.1) is 0 Å². The van der Waals surface area contributed by atoms with Gasteiger partial charge in [0, 0.05) is 56.6 Å². The molecular formula is C27H37ClN2O5. The molecule has 2 aromatic carbocycles. The number of hydrogen-bond acceptors (Lipinski definition) is 7. The minimum atomic E-state index is -0.227. The van der Waals surface area contributed by atoms with E-state index in [9.17, 15) is 4.79 Å². The van der Waals surface area contributed by atoms with E-state index in [-0.39, 0.29) is 18.3 Å². The number of nitrogens with one attached hydrogen (secondary N) is 1. The van der Waals surface area contributed by atoms with Gasteiger partial charge >= 0.3 is 5.97 Å². The standard InChI is InChI=1S/C27H37ClN2O5/c1-4-35-27(31)18-21(19-33-3)20-5-10-26(25(17-20)29-23-8-6-22(28)7-9-23)30(13-16-32-2)24-11-14-34-15-12-24/h5-10,17,21,24,29H,4,11-16,18-19H2,1-3H3. The molecule has 1 fully saturated rings. The Morgan fingerprint density at radius 3 is 2.54 bits per heavy atom. The van der Waals surface area contributed by atoms with Crippen molar-refractivity contribution in [2.45, 2.75) is 38.1 Å². The van der Waals surface area contributed by atoms with Crippen LogP contribution in [0.4, 0.5) is 17.1 Å². The van der Waals surface area contributed by atoms with Gasteiger partial charge in [-0.05, 0) is 61.7 Å². The number of methoxy groups -OCH3 is 2. The third-order valence-corrected chi connectivity index (χ3v) is 6.43. The van der Waals surface area contributed by atoms with Crippen molar-refractivity contribution in [2.24, 2.45) is 0 Å². The second-order valence-electron chi connectivity index (χ2n) is 8.60. The molecular weight excluding hydrogens is 468 g/mol. The number of anilines is 3. The van der Waals surface area contributed by atoms with Gasteiger partial charge in [0.2, 0.25) is 0 Å². The smallest absolute Gasteiger partial charge is 0.306 e. The summed E-state index contributed by atoms with van der Waals surface area (Å²) in [6, 6.07) is 14.3. The van der Waals surface area contributed by atoms with E-state index in [1.807, 2.05) is 31.2 Å². The second kappa shape index (κ2) is 14.3. The summed E-state index contributed by atoms with van der Waals surface area (Å²) in [5.41, 5.74) is 3.98. The molecule has 7 nitrogen and oxygen atoms in total. The van der Waals surface area contributed by atoms with E-state index in [0.29, 0.717) is 30.9 Å². The highest BCUT2D eigenvalue weighted by atomic mass is 35.5. The number of nitrogens with zero attached hydrogens (tertiary/aromatic N) is 1. The van der Waals surface area contributed by atoms with Crippen LogP contribution in [-0.4, -0.2) is 65.8 Å². The first-order valence-corrected chi connectivity index (χ1v) is 12.6. The third kappa shape index (κ3) is 8.10. The zero-order valence-corrected chi connectivity index (χ0v) is 21.7. The number of rotatable bonds is 13. The van der Waals surface area contributed by atoms with E-state index in [1.165, 1.54) is 0 Å². The van der Waals surface area contributed by atoms with Crippen LogP contribution in [0.5, 0.6) is 0 Å². The molecule has 0 amide bonds. The fourth-order valence-corrected chi connectivity index (χ4v) is 4.55. The van der Waals surface area contributed by atoms with Crippen LogP contribution in [0.1, 0.15) is 37.7 Å². The topological polar surface area (TPSA) is 69.3 Å². The van der Waals surface area contributed by atoms with Crippen molar-refractivity contribution in [1.29, 1.82) is 0 Å². The van der Waals surface area contributed by atoms with Gasteiger partial charge in [0.1, 0.15) is 0 Å².